The summed E-state index contributed by atoms with van der Waals surface area (Å²) in [4.78, 5) is 11.3. The van der Waals surface area contributed by atoms with E-state index in [1.807, 2.05) is 0 Å². The molecular weight excluding hydrogens is 268 g/mol. The van der Waals surface area contributed by atoms with Gasteiger partial charge in [-0.3, -0.25) is 4.79 Å². The van der Waals surface area contributed by atoms with Crippen molar-refractivity contribution in [1.29, 1.82) is 0 Å². The highest BCUT2D eigenvalue weighted by Crippen LogP contribution is 2.37. The topological polar surface area (TPSA) is 43.1 Å². The van der Waals surface area contributed by atoms with Crippen LogP contribution in [-0.2, 0) is 0 Å². The molecule has 1 aromatic carbocycles. The van der Waals surface area contributed by atoms with Crippen molar-refractivity contribution >= 4 is 52.2 Å². The molecule has 1 rings (SSSR count). The van der Waals surface area contributed by atoms with Gasteiger partial charge in [-0.1, -0.05) is 46.4 Å². The molecule has 0 spiro atoms. The smallest absolute Gasteiger partial charge is 0.179 e. The SMILES string of the molecule is NCC(=O)c1c(Cl)c(Cl)cc(Cl)c1Cl. The molecule has 0 aliphatic carbocycles. The standard InChI is InChI=1S/C8H5Cl4NO/c9-3-1-4(10)8(12)6(7(3)11)5(14)2-13/h1H,2,13H2. The molecule has 0 aliphatic heterocycles. The predicted molar refractivity (Wildman–Crippen MR) is 59.9 cm³/mol. The van der Waals surface area contributed by atoms with Gasteiger partial charge in [-0.25, -0.2) is 0 Å². The molecule has 0 amide bonds. The van der Waals surface area contributed by atoms with Gasteiger partial charge in [0.25, 0.3) is 0 Å². The zero-order valence-corrected chi connectivity index (χ0v) is 9.81. The van der Waals surface area contributed by atoms with Crippen molar-refractivity contribution < 1.29 is 4.79 Å². The van der Waals surface area contributed by atoms with Gasteiger partial charge in [0.1, 0.15) is 0 Å². The Kier molecular flexibility index (Phi) is 4.04. The van der Waals surface area contributed by atoms with Gasteiger partial charge in [-0.2, -0.15) is 0 Å². The minimum atomic E-state index is -0.399. The summed E-state index contributed by atoms with van der Waals surface area (Å²) in [6, 6.07) is 1.38. The van der Waals surface area contributed by atoms with Crippen LogP contribution in [0.5, 0.6) is 0 Å². The van der Waals surface area contributed by atoms with Crippen LogP contribution in [-0.4, -0.2) is 12.3 Å². The number of nitrogens with two attached hydrogens (primary N) is 1. The minimum absolute atomic E-state index is 0.0772. The van der Waals surface area contributed by atoms with Crippen molar-refractivity contribution in [2.24, 2.45) is 5.73 Å². The summed E-state index contributed by atoms with van der Waals surface area (Å²) < 4.78 is 0. The van der Waals surface area contributed by atoms with Crippen LogP contribution >= 0.6 is 46.4 Å². The maximum Gasteiger partial charge on any atom is 0.179 e. The van der Waals surface area contributed by atoms with E-state index in [0.29, 0.717) is 0 Å². The molecule has 0 radical (unpaired) electrons. The van der Waals surface area contributed by atoms with Crippen LogP contribution in [0.25, 0.3) is 0 Å². The molecule has 1 aromatic rings. The maximum absolute atomic E-state index is 11.3. The summed E-state index contributed by atoms with van der Waals surface area (Å²) in [5.41, 5.74) is 5.27. The second-order valence-corrected chi connectivity index (χ2v) is 4.04. The summed E-state index contributed by atoms with van der Waals surface area (Å²) >= 11 is 23.0. The fourth-order valence-corrected chi connectivity index (χ4v) is 1.94. The molecule has 2 N–H and O–H groups in total. The highest BCUT2D eigenvalue weighted by atomic mass is 35.5. The molecule has 6 heteroatoms. The number of hydrogen-bond donors (Lipinski definition) is 1. The highest BCUT2D eigenvalue weighted by molar-refractivity contribution is 6.50. The van der Waals surface area contributed by atoms with Gasteiger partial charge in [0.15, 0.2) is 5.78 Å². The molecule has 0 aliphatic rings. The van der Waals surface area contributed by atoms with Gasteiger partial charge in [-0.15, -0.1) is 0 Å². The van der Waals surface area contributed by atoms with Crippen molar-refractivity contribution in [3.05, 3.63) is 31.7 Å². The number of carbonyl (C=O) groups is 1. The zero-order valence-electron chi connectivity index (χ0n) is 6.78. The summed E-state index contributed by atoms with van der Waals surface area (Å²) in [6.45, 7) is -0.198. The van der Waals surface area contributed by atoms with Gasteiger partial charge in [0, 0.05) is 0 Å². The molecule has 0 fully saturated rings. The Bertz CT molecular complexity index is 365. The Morgan fingerprint density at radius 2 is 1.57 bits per heavy atom. The number of rotatable bonds is 2. The van der Waals surface area contributed by atoms with Gasteiger partial charge in [0.05, 0.1) is 32.2 Å². The first kappa shape index (κ1) is 12.1. The third kappa shape index (κ3) is 2.15. The van der Waals surface area contributed by atoms with Crippen LogP contribution in [0.2, 0.25) is 20.1 Å². The minimum Gasteiger partial charge on any atom is -0.324 e. The summed E-state index contributed by atoms with van der Waals surface area (Å²) in [7, 11) is 0. The average molecular weight is 273 g/mol. The van der Waals surface area contributed by atoms with E-state index in [4.69, 9.17) is 52.1 Å². The van der Waals surface area contributed by atoms with Crippen molar-refractivity contribution in [3.63, 3.8) is 0 Å². The van der Waals surface area contributed by atoms with Gasteiger partial charge in [0.2, 0.25) is 0 Å². The lowest BCUT2D eigenvalue weighted by molar-refractivity contribution is 0.100. The zero-order chi connectivity index (χ0) is 10.9. The Balaban J connectivity index is 3.47. The Morgan fingerprint density at radius 3 is 1.93 bits per heavy atom. The number of benzene rings is 1. The number of halogens is 4. The lowest BCUT2D eigenvalue weighted by Gasteiger charge is -2.07. The van der Waals surface area contributed by atoms with Crippen LogP contribution in [0, 0.1) is 0 Å². The molecule has 2 nitrogen and oxygen atoms in total. The van der Waals surface area contributed by atoms with Gasteiger partial charge < -0.3 is 5.73 Å². The fraction of sp³-hybridized carbons (Fsp3) is 0.125. The Hall–Kier alpha value is 0.01000. The first-order valence-electron chi connectivity index (χ1n) is 3.55. The fourth-order valence-electron chi connectivity index (χ4n) is 0.920. The lowest BCUT2D eigenvalue weighted by Crippen LogP contribution is -2.14. The number of carbonyl (C=O) groups excluding carboxylic acids is 1. The van der Waals surface area contributed by atoms with E-state index in [0.717, 1.165) is 0 Å². The summed E-state index contributed by atoms with van der Waals surface area (Å²) in [5.74, 6) is -0.399. The molecule has 14 heavy (non-hydrogen) atoms. The molecule has 0 atom stereocenters. The molecule has 0 saturated carbocycles. The first-order chi connectivity index (χ1) is 6.49. The number of Topliss-reactive ketones (excluding diaryl/α,β-unsaturated/α-hetero) is 1. The van der Waals surface area contributed by atoms with E-state index in [-0.39, 0.29) is 32.2 Å². The van der Waals surface area contributed by atoms with Crippen LogP contribution in [0.4, 0.5) is 0 Å². The normalized spacial score (nSPS) is 10.4. The molecule has 0 aromatic heterocycles. The van der Waals surface area contributed by atoms with E-state index in [1.165, 1.54) is 6.07 Å². The van der Waals surface area contributed by atoms with Crippen LogP contribution in [0.3, 0.4) is 0 Å². The molecule has 76 valence electrons. The van der Waals surface area contributed by atoms with Crippen molar-refractivity contribution in [2.45, 2.75) is 0 Å². The molecule has 0 unspecified atom stereocenters. The summed E-state index contributed by atoms with van der Waals surface area (Å²) in [6.07, 6.45) is 0. The first-order valence-corrected chi connectivity index (χ1v) is 5.06. The maximum atomic E-state index is 11.3. The van der Waals surface area contributed by atoms with Gasteiger partial charge in [-0.05, 0) is 6.07 Å². The van der Waals surface area contributed by atoms with Crippen molar-refractivity contribution in [3.8, 4) is 0 Å². The van der Waals surface area contributed by atoms with E-state index in [9.17, 15) is 4.79 Å². The highest BCUT2D eigenvalue weighted by Gasteiger charge is 2.18. The number of hydrogen-bond acceptors (Lipinski definition) is 2. The van der Waals surface area contributed by atoms with E-state index in [1.54, 1.807) is 0 Å². The van der Waals surface area contributed by atoms with E-state index < -0.39 is 5.78 Å². The van der Waals surface area contributed by atoms with Crippen LogP contribution in [0.15, 0.2) is 6.07 Å². The average Bonchev–Trinajstić information content (AvgIpc) is 2.15. The molecular formula is C8H5Cl4NO. The quantitative estimate of drug-likeness (QED) is 0.662. The third-order valence-corrected chi connectivity index (χ3v) is 3.15. The molecule has 0 saturated heterocycles. The van der Waals surface area contributed by atoms with Crippen molar-refractivity contribution in [2.75, 3.05) is 6.54 Å². The van der Waals surface area contributed by atoms with Gasteiger partial charge >= 0.3 is 0 Å². The molecule has 0 heterocycles. The Labute approximate surface area is 101 Å². The third-order valence-electron chi connectivity index (χ3n) is 1.58. The van der Waals surface area contributed by atoms with E-state index in [2.05, 4.69) is 0 Å². The number of ketones is 1. The predicted octanol–water partition coefficient (Wildman–Crippen LogP) is 3.44. The summed E-state index contributed by atoms with van der Waals surface area (Å²) in [5, 5.41) is 0.517. The Morgan fingerprint density at radius 1 is 1.14 bits per heavy atom. The van der Waals surface area contributed by atoms with Crippen LogP contribution < -0.4 is 5.73 Å². The van der Waals surface area contributed by atoms with Crippen molar-refractivity contribution in [1.82, 2.24) is 0 Å². The largest absolute Gasteiger partial charge is 0.324 e. The molecule has 0 bridgehead atoms. The second kappa shape index (κ2) is 4.69. The monoisotopic (exact) mass is 271 g/mol. The second-order valence-electron chi connectivity index (χ2n) is 2.47. The van der Waals surface area contributed by atoms with Crippen LogP contribution in [0.1, 0.15) is 10.4 Å². The van der Waals surface area contributed by atoms with E-state index >= 15 is 0 Å². The lowest BCUT2D eigenvalue weighted by atomic mass is 10.1.